The predicted molar refractivity (Wildman–Crippen MR) is 87.8 cm³/mol. The standard InChI is InChI=1S/C19H23F2NO3/c1-24-15-2-3-16-13(10-15)4-9-25-18(16)5-7-22(8-6-18)17(23)11-14-12-19(14,20)21/h2-3,10,14H,4-9,11-12H2,1H3. The molecule has 4 rings (SSSR count). The lowest BCUT2D eigenvalue weighted by Gasteiger charge is -2.45. The van der Waals surface area contributed by atoms with Crippen LogP contribution < -0.4 is 4.74 Å². The number of alkyl halides is 2. The quantitative estimate of drug-likeness (QED) is 0.840. The maximum Gasteiger partial charge on any atom is 0.252 e. The number of benzene rings is 1. The summed E-state index contributed by atoms with van der Waals surface area (Å²) in [7, 11) is 1.66. The van der Waals surface area contributed by atoms with Gasteiger partial charge in [0.2, 0.25) is 5.91 Å². The first kappa shape index (κ1) is 16.8. The highest BCUT2D eigenvalue weighted by Gasteiger charge is 2.57. The largest absolute Gasteiger partial charge is 0.497 e. The number of methoxy groups -OCH3 is 1. The van der Waals surface area contributed by atoms with E-state index in [-0.39, 0.29) is 24.3 Å². The van der Waals surface area contributed by atoms with Crippen LogP contribution in [0, 0.1) is 5.92 Å². The van der Waals surface area contributed by atoms with Crippen LogP contribution in [0.4, 0.5) is 8.78 Å². The van der Waals surface area contributed by atoms with Gasteiger partial charge in [-0.1, -0.05) is 6.07 Å². The van der Waals surface area contributed by atoms with Crippen LogP contribution in [0.15, 0.2) is 18.2 Å². The number of halogens is 2. The summed E-state index contributed by atoms with van der Waals surface area (Å²) in [6.45, 7) is 1.77. The molecule has 1 atom stereocenters. The molecule has 1 saturated heterocycles. The van der Waals surface area contributed by atoms with Gasteiger partial charge in [0.05, 0.1) is 19.3 Å². The zero-order chi connectivity index (χ0) is 17.7. The van der Waals surface area contributed by atoms with Gasteiger partial charge in [-0.25, -0.2) is 8.78 Å². The minimum atomic E-state index is -2.63. The van der Waals surface area contributed by atoms with Crippen LogP contribution in [0.5, 0.6) is 5.75 Å². The Bertz CT molecular complexity index is 683. The van der Waals surface area contributed by atoms with E-state index in [1.54, 1.807) is 12.0 Å². The van der Waals surface area contributed by atoms with Crippen molar-refractivity contribution < 1.29 is 23.0 Å². The van der Waals surface area contributed by atoms with Crippen molar-refractivity contribution >= 4 is 5.91 Å². The van der Waals surface area contributed by atoms with Gasteiger partial charge in [0.25, 0.3) is 5.92 Å². The second-order valence-corrected chi connectivity index (χ2v) is 7.36. The zero-order valence-corrected chi connectivity index (χ0v) is 14.4. The van der Waals surface area contributed by atoms with Crippen LogP contribution in [-0.2, 0) is 21.6 Å². The first-order valence-corrected chi connectivity index (χ1v) is 8.90. The van der Waals surface area contributed by atoms with Crippen LogP contribution in [0.25, 0.3) is 0 Å². The van der Waals surface area contributed by atoms with Crippen molar-refractivity contribution in [2.24, 2.45) is 5.92 Å². The Morgan fingerprint density at radius 3 is 2.72 bits per heavy atom. The topological polar surface area (TPSA) is 38.8 Å². The number of carbonyl (C=O) groups excluding carboxylic acids is 1. The second-order valence-electron chi connectivity index (χ2n) is 7.36. The van der Waals surface area contributed by atoms with Crippen LogP contribution >= 0.6 is 0 Å². The highest BCUT2D eigenvalue weighted by molar-refractivity contribution is 5.77. The third-order valence-electron chi connectivity index (χ3n) is 5.85. The van der Waals surface area contributed by atoms with Crippen molar-refractivity contribution in [2.45, 2.75) is 43.6 Å². The Hall–Kier alpha value is -1.69. The van der Waals surface area contributed by atoms with Crippen LogP contribution in [-0.4, -0.2) is 43.5 Å². The van der Waals surface area contributed by atoms with Crippen LogP contribution in [0.2, 0.25) is 0 Å². The molecule has 0 aromatic heterocycles. The van der Waals surface area contributed by atoms with Crippen molar-refractivity contribution in [3.05, 3.63) is 29.3 Å². The maximum absolute atomic E-state index is 13.0. The number of nitrogens with zero attached hydrogens (tertiary/aromatic N) is 1. The number of amides is 1. The van der Waals surface area contributed by atoms with E-state index < -0.39 is 11.8 Å². The van der Waals surface area contributed by atoms with E-state index >= 15 is 0 Å². The molecule has 0 N–H and O–H groups in total. The maximum atomic E-state index is 13.0. The smallest absolute Gasteiger partial charge is 0.252 e. The Labute approximate surface area is 146 Å². The lowest BCUT2D eigenvalue weighted by molar-refractivity contribution is -0.141. The molecule has 3 aliphatic rings. The summed E-state index contributed by atoms with van der Waals surface area (Å²) >= 11 is 0. The summed E-state index contributed by atoms with van der Waals surface area (Å²) in [6, 6.07) is 6.07. The Kier molecular flexibility index (Phi) is 3.98. The summed E-state index contributed by atoms with van der Waals surface area (Å²) in [4.78, 5) is 14.0. The number of rotatable bonds is 3. The molecule has 1 aliphatic carbocycles. The van der Waals surface area contributed by atoms with Crippen LogP contribution in [0.1, 0.15) is 36.8 Å². The molecule has 2 heterocycles. The average molecular weight is 351 g/mol. The average Bonchev–Trinajstić information content (AvgIpc) is 3.21. The van der Waals surface area contributed by atoms with Gasteiger partial charge in [-0.2, -0.15) is 0 Å². The first-order chi connectivity index (χ1) is 11.9. The molecular formula is C19H23F2NO3. The number of piperidine rings is 1. The molecule has 4 nitrogen and oxygen atoms in total. The van der Waals surface area contributed by atoms with Crippen molar-refractivity contribution in [2.75, 3.05) is 26.8 Å². The normalized spacial score (nSPS) is 26.2. The molecule has 1 saturated carbocycles. The first-order valence-electron chi connectivity index (χ1n) is 8.90. The molecule has 1 amide bonds. The van der Waals surface area contributed by atoms with E-state index in [0.717, 1.165) is 12.2 Å². The number of hydrogen-bond donors (Lipinski definition) is 0. The molecule has 0 bridgehead atoms. The summed E-state index contributed by atoms with van der Waals surface area (Å²) < 4.78 is 37.5. The van der Waals surface area contributed by atoms with E-state index in [0.29, 0.717) is 32.5 Å². The molecule has 0 radical (unpaired) electrons. The van der Waals surface area contributed by atoms with Crippen molar-refractivity contribution in [1.82, 2.24) is 4.90 Å². The SMILES string of the molecule is COc1ccc2c(c1)CCOC21CCN(C(=O)CC2CC2(F)F)CC1. The third-order valence-corrected chi connectivity index (χ3v) is 5.85. The van der Waals surface area contributed by atoms with Gasteiger partial charge in [0.15, 0.2) is 0 Å². The number of hydrogen-bond acceptors (Lipinski definition) is 3. The molecule has 136 valence electrons. The molecule has 25 heavy (non-hydrogen) atoms. The lowest BCUT2D eigenvalue weighted by atomic mass is 9.79. The summed E-state index contributed by atoms with van der Waals surface area (Å²) in [5, 5.41) is 0. The number of ether oxygens (including phenoxy) is 2. The van der Waals surface area contributed by atoms with E-state index in [1.165, 1.54) is 11.1 Å². The van der Waals surface area contributed by atoms with Gasteiger partial charge in [0, 0.05) is 31.8 Å². The summed E-state index contributed by atoms with van der Waals surface area (Å²) in [5.74, 6) is -2.69. The minimum absolute atomic E-state index is 0.0331. The number of likely N-dealkylation sites (tertiary alicyclic amines) is 1. The van der Waals surface area contributed by atoms with E-state index in [4.69, 9.17) is 9.47 Å². The minimum Gasteiger partial charge on any atom is -0.497 e. The molecule has 6 heteroatoms. The molecule has 2 fully saturated rings. The monoisotopic (exact) mass is 351 g/mol. The Morgan fingerprint density at radius 1 is 1.36 bits per heavy atom. The molecule has 2 aliphatic heterocycles. The fourth-order valence-corrected chi connectivity index (χ4v) is 4.14. The molecule has 1 aromatic carbocycles. The van der Waals surface area contributed by atoms with Gasteiger partial charge in [-0.15, -0.1) is 0 Å². The van der Waals surface area contributed by atoms with Crippen molar-refractivity contribution in [3.8, 4) is 5.75 Å². The van der Waals surface area contributed by atoms with Gasteiger partial charge in [0.1, 0.15) is 5.75 Å². The van der Waals surface area contributed by atoms with Gasteiger partial charge < -0.3 is 14.4 Å². The fraction of sp³-hybridized carbons (Fsp3) is 0.632. The van der Waals surface area contributed by atoms with Gasteiger partial charge in [-0.3, -0.25) is 4.79 Å². The van der Waals surface area contributed by atoms with Gasteiger partial charge in [-0.05, 0) is 42.5 Å². The predicted octanol–water partition coefficient (Wildman–Crippen LogP) is 3.13. The highest BCUT2D eigenvalue weighted by Crippen LogP contribution is 2.51. The lowest BCUT2D eigenvalue weighted by Crippen LogP contribution is -2.48. The summed E-state index contributed by atoms with van der Waals surface area (Å²) in [6.07, 6.45) is 2.09. The van der Waals surface area contributed by atoms with Crippen LogP contribution in [0.3, 0.4) is 0 Å². The van der Waals surface area contributed by atoms with E-state index in [2.05, 4.69) is 12.1 Å². The molecular weight excluding hydrogens is 328 g/mol. The van der Waals surface area contributed by atoms with E-state index in [1.807, 2.05) is 6.07 Å². The Morgan fingerprint density at radius 2 is 2.08 bits per heavy atom. The zero-order valence-electron chi connectivity index (χ0n) is 14.4. The van der Waals surface area contributed by atoms with Crippen molar-refractivity contribution in [3.63, 3.8) is 0 Å². The molecule has 1 unspecified atom stereocenters. The molecule has 1 aromatic rings. The fourth-order valence-electron chi connectivity index (χ4n) is 4.14. The second kappa shape index (κ2) is 5.94. The summed E-state index contributed by atoms with van der Waals surface area (Å²) in [5.41, 5.74) is 2.06. The third kappa shape index (κ3) is 3.01. The number of fused-ring (bicyclic) bond motifs is 2. The van der Waals surface area contributed by atoms with Crippen molar-refractivity contribution in [1.29, 1.82) is 0 Å². The number of carbonyl (C=O) groups is 1. The highest BCUT2D eigenvalue weighted by atomic mass is 19.3. The van der Waals surface area contributed by atoms with Gasteiger partial charge >= 0.3 is 0 Å². The molecule has 1 spiro atoms. The van der Waals surface area contributed by atoms with E-state index in [9.17, 15) is 13.6 Å². The Balaban J connectivity index is 1.44.